The molecular weight excluding hydrogens is 365 g/mol. The van der Waals surface area contributed by atoms with Crippen LogP contribution in [0.15, 0.2) is 48.0 Å². The number of hydrogen-bond acceptors (Lipinski definition) is 2. The van der Waals surface area contributed by atoms with E-state index in [-0.39, 0.29) is 24.0 Å². The molecule has 108 valence electrons. The number of aryl methyl sites for hydroxylation is 2. The fraction of sp³-hybridized carbons (Fsp3) is 0.286. The first kappa shape index (κ1) is 16.5. The number of imidazole rings is 1. The zero-order valence-electron chi connectivity index (χ0n) is 11.5. The summed E-state index contributed by atoms with van der Waals surface area (Å²) in [5.74, 6) is 0.455. The fourth-order valence-corrected chi connectivity index (χ4v) is 1.78. The SMILES string of the molecule is Cc1cccc(NC(N)=NCCCn2ccnc2)c1.I. The topological polar surface area (TPSA) is 68.2 Å². The van der Waals surface area contributed by atoms with Crippen LogP contribution in [0.2, 0.25) is 0 Å². The summed E-state index contributed by atoms with van der Waals surface area (Å²) in [4.78, 5) is 8.29. The zero-order valence-corrected chi connectivity index (χ0v) is 13.8. The lowest BCUT2D eigenvalue weighted by atomic mass is 10.2. The van der Waals surface area contributed by atoms with E-state index in [2.05, 4.69) is 15.3 Å². The monoisotopic (exact) mass is 385 g/mol. The standard InChI is InChI=1S/C14H19N5.HI/c1-12-4-2-5-13(10-12)18-14(15)17-6-3-8-19-9-7-16-11-19;/h2,4-5,7,9-11H,3,6,8H2,1H3,(H3,15,17,18);1H. The predicted octanol–water partition coefficient (Wildman–Crippen LogP) is 2.63. The minimum Gasteiger partial charge on any atom is -0.370 e. The van der Waals surface area contributed by atoms with E-state index < -0.39 is 0 Å². The third kappa shape index (κ3) is 5.60. The van der Waals surface area contributed by atoms with Gasteiger partial charge in [0.25, 0.3) is 0 Å². The summed E-state index contributed by atoms with van der Waals surface area (Å²) >= 11 is 0. The maximum absolute atomic E-state index is 5.83. The van der Waals surface area contributed by atoms with Crippen LogP contribution in [0.4, 0.5) is 5.69 Å². The Morgan fingerprint density at radius 3 is 3.00 bits per heavy atom. The molecule has 0 spiro atoms. The van der Waals surface area contributed by atoms with Gasteiger partial charge >= 0.3 is 0 Å². The Kier molecular flexibility index (Phi) is 7.06. The molecule has 0 saturated carbocycles. The number of nitrogens with two attached hydrogens (primary N) is 1. The molecule has 0 bridgehead atoms. The minimum atomic E-state index is 0. The van der Waals surface area contributed by atoms with Gasteiger partial charge in [0.05, 0.1) is 6.33 Å². The van der Waals surface area contributed by atoms with Crippen LogP contribution in [0, 0.1) is 6.92 Å². The number of nitrogens with one attached hydrogen (secondary N) is 1. The average Bonchev–Trinajstić information content (AvgIpc) is 2.88. The Labute approximate surface area is 136 Å². The summed E-state index contributed by atoms with van der Waals surface area (Å²) in [6, 6.07) is 8.04. The van der Waals surface area contributed by atoms with Crippen molar-refractivity contribution in [3.63, 3.8) is 0 Å². The van der Waals surface area contributed by atoms with Gasteiger partial charge in [0.2, 0.25) is 0 Å². The molecule has 1 aromatic carbocycles. The van der Waals surface area contributed by atoms with Gasteiger partial charge < -0.3 is 15.6 Å². The Morgan fingerprint density at radius 1 is 1.45 bits per heavy atom. The molecule has 20 heavy (non-hydrogen) atoms. The van der Waals surface area contributed by atoms with E-state index in [9.17, 15) is 0 Å². The van der Waals surface area contributed by atoms with Gasteiger partial charge in [0.1, 0.15) is 0 Å². The summed E-state index contributed by atoms with van der Waals surface area (Å²) in [6.45, 7) is 3.65. The molecular formula is C14H20IN5. The third-order valence-corrected chi connectivity index (χ3v) is 2.71. The summed E-state index contributed by atoms with van der Waals surface area (Å²) in [6.07, 6.45) is 6.46. The fourth-order valence-electron chi connectivity index (χ4n) is 1.78. The second kappa shape index (κ2) is 8.57. The van der Waals surface area contributed by atoms with Crippen LogP contribution in [0.25, 0.3) is 0 Å². The highest BCUT2D eigenvalue weighted by Gasteiger charge is 1.95. The predicted molar refractivity (Wildman–Crippen MR) is 93.6 cm³/mol. The smallest absolute Gasteiger partial charge is 0.193 e. The molecule has 2 aromatic rings. The average molecular weight is 385 g/mol. The third-order valence-electron chi connectivity index (χ3n) is 2.71. The molecule has 0 saturated heterocycles. The molecule has 6 heteroatoms. The Balaban J connectivity index is 0.00000200. The maximum atomic E-state index is 5.83. The lowest BCUT2D eigenvalue weighted by Gasteiger charge is -2.06. The van der Waals surface area contributed by atoms with E-state index in [0.717, 1.165) is 18.7 Å². The number of nitrogens with zero attached hydrogens (tertiary/aromatic N) is 3. The summed E-state index contributed by atoms with van der Waals surface area (Å²) < 4.78 is 2.03. The number of rotatable bonds is 5. The van der Waals surface area contributed by atoms with Gasteiger partial charge in [-0.3, -0.25) is 4.99 Å². The van der Waals surface area contributed by atoms with Crippen LogP contribution in [0.1, 0.15) is 12.0 Å². The molecule has 3 N–H and O–H groups in total. The number of guanidine groups is 1. The van der Waals surface area contributed by atoms with E-state index in [1.807, 2.05) is 42.0 Å². The van der Waals surface area contributed by atoms with Crippen molar-refractivity contribution in [3.8, 4) is 0 Å². The van der Waals surface area contributed by atoms with Crippen LogP contribution >= 0.6 is 24.0 Å². The lowest BCUT2D eigenvalue weighted by molar-refractivity contribution is 0.650. The second-order valence-electron chi connectivity index (χ2n) is 4.42. The van der Waals surface area contributed by atoms with Gasteiger partial charge in [0.15, 0.2) is 5.96 Å². The number of aliphatic imine (C=N–C) groups is 1. The summed E-state index contributed by atoms with van der Waals surface area (Å²) in [7, 11) is 0. The Bertz CT molecular complexity index is 536. The molecule has 0 unspecified atom stereocenters. The molecule has 0 fully saturated rings. The van der Waals surface area contributed by atoms with Crippen molar-refractivity contribution in [1.29, 1.82) is 0 Å². The Hall–Kier alpha value is -1.57. The van der Waals surface area contributed by atoms with Crippen LogP contribution in [-0.2, 0) is 6.54 Å². The number of hydrogen-bond donors (Lipinski definition) is 2. The number of anilines is 1. The summed E-state index contributed by atoms with van der Waals surface area (Å²) in [5.41, 5.74) is 8.00. The molecule has 5 nitrogen and oxygen atoms in total. The number of aromatic nitrogens is 2. The van der Waals surface area contributed by atoms with Crippen LogP contribution in [0.5, 0.6) is 0 Å². The lowest BCUT2D eigenvalue weighted by Crippen LogP contribution is -2.23. The minimum absolute atomic E-state index is 0. The van der Waals surface area contributed by atoms with Gasteiger partial charge in [-0.1, -0.05) is 12.1 Å². The van der Waals surface area contributed by atoms with Gasteiger partial charge in [-0.05, 0) is 31.0 Å². The molecule has 0 aliphatic heterocycles. The first-order chi connectivity index (χ1) is 9.24. The molecule has 0 atom stereocenters. The van der Waals surface area contributed by atoms with Crippen molar-refractivity contribution in [2.75, 3.05) is 11.9 Å². The van der Waals surface area contributed by atoms with E-state index in [1.165, 1.54) is 5.56 Å². The van der Waals surface area contributed by atoms with Crippen LogP contribution in [-0.4, -0.2) is 22.1 Å². The van der Waals surface area contributed by atoms with Crippen molar-refractivity contribution < 1.29 is 0 Å². The van der Waals surface area contributed by atoms with E-state index >= 15 is 0 Å². The van der Waals surface area contributed by atoms with Crippen molar-refractivity contribution in [1.82, 2.24) is 9.55 Å². The number of halogens is 1. The number of benzene rings is 1. The van der Waals surface area contributed by atoms with Gasteiger partial charge in [-0.25, -0.2) is 4.98 Å². The van der Waals surface area contributed by atoms with Gasteiger partial charge in [0, 0.05) is 31.2 Å². The van der Waals surface area contributed by atoms with Crippen LogP contribution < -0.4 is 11.1 Å². The van der Waals surface area contributed by atoms with Crippen molar-refractivity contribution in [2.45, 2.75) is 19.9 Å². The summed E-state index contributed by atoms with van der Waals surface area (Å²) in [5, 5.41) is 3.08. The van der Waals surface area contributed by atoms with Gasteiger partial charge in [-0.2, -0.15) is 0 Å². The molecule has 1 aromatic heterocycles. The van der Waals surface area contributed by atoms with Crippen molar-refractivity contribution in [3.05, 3.63) is 48.5 Å². The highest BCUT2D eigenvalue weighted by molar-refractivity contribution is 14.0. The normalized spacial score (nSPS) is 10.9. The molecule has 0 radical (unpaired) electrons. The van der Waals surface area contributed by atoms with E-state index in [4.69, 9.17) is 5.73 Å². The largest absolute Gasteiger partial charge is 0.370 e. The zero-order chi connectivity index (χ0) is 13.5. The van der Waals surface area contributed by atoms with Crippen LogP contribution in [0.3, 0.4) is 0 Å². The highest BCUT2D eigenvalue weighted by Crippen LogP contribution is 2.08. The molecule has 2 rings (SSSR count). The highest BCUT2D eigenvalue weighted by atomic mass is 127. The first-order valence-corrected chi connectivity index (χ1v) is 6.33. The van der Waals surface area contributed by atoms with Crippen molar-refractivity contribution >= 4 is 35.6 Å². The quantitative estimate of drug-likeness (QED) is 0.360. The Morgan fingerprint density at radius 2 is 2.30 bits per heavy atom. The second-order valence-corrected chi connectivity index (χ2v) is 4.42. The molecule has 0 aliphatic rings. The first-order valence-electron chi connectivity index (χ1n) is 6.33. The van der Waals surface area contributed by atoms with Gasteiger partial charge in [-0.15, -0.1) is 24.0 Å². The van der Waals surface area contributed by atoms with E-state index in [1.54, 1.807) is 12.5 Å². The van der Waals surface area contributed by atoms with E-state index in [0.29, 0.717) is 12.5 Å². The van der Waals surface area contributed by atoms with Crippen molar-refractivity contribution in [2.24, 2.45) is 10.7 Å². The molecule has 1 heterocycles. The maximum Gasteiger partial charge on any atom is 0.193 e. The molecule has 0 amide bonds. The molecule has 0 aliphatic carbocycles.